The van der Waals surface area contributed by atoms with Gasteiger partial charge in [0.2, 0.25) is 0 Å². The van der Waals surface area contributed by atoms with E-state index in [1.54, 1.807) is 0 Å². The van der Waals surface area contributed by atoms with Gasteiger partial charge >= 0.3 is 15.4 Å². The molecule has 0 bridgehead atoms. The minimum atomic E-state index is -4.69. The van der Waals surface area contributed by atoms with Gasteiger partial charge in [0.05, 0.1) is 50.8 Å². The smallest absolute Gasteiger partial charge is 0.352 e. The molecule has 0 saturated carbocycles. The van der Waals surface area contributed by atoms with E-state index in [-0.39, 0.29) is 41.3 Å². The van der Waals surface area contributed by atoms with Crippen LogP contribution in [0, 0.1) is 5.92 Å². The Morgan fingerprint density at radius 1 is 0.786 bits per heavy atom. The SMILES string of the molecule is O=c1[nH]cnc2c1ncn2C1C[C@@H]2CP(=O)(O)OC[C@H]3OC(n4cnc5c(=O)[nH]cnc54)C[C@@H]3OP(=O)(O)OC[C@H]2O1. The number of ether oxygens (including phenoxy) is 2. The van der Waals surface area contributed by atoms with Gasteiger partial charge in [-0.15, -0.1) is 0 Å². The van der Waals surface area contributed by atoms with Gasteiger partial charge in [-0.1, -0.05) is 0 Å². The van der Waals surface area contributed by atoms with Crippen molar-refractivity contribution >= 4 is 37.7 Å². The summed E-state index contributed by atoms with van der Waals surface area (Å²) in [5, 5.41) is 0. The Morgan fingerprint density at radius 2 is 1.36 bits per heavy atom. The first-order valence-electron chi connectivity index (χ1n) is 12.8. The molecule has 0 radical (unpaired) electrons. The van der Waals surface area contributed by atoms with Gasteiger partial charge in [0.25, 0.3) is 11.1 Å². The summed E-state index contributed by atoms with van der Waals surface area (Å²) in [7, 11) is -8.94. The number of nitrogens with one attached hydrogen (secondary N) is 2. The van der Waals surface area contributed by atoms with E-state index in [1.807, 2.05) is 0 Å². The van der Waals surface area contributed by atoms with Crippen LogP contribution in [0.15, 0.2) is 34.9 Å². The fraction of sp³-hybridized carbons (Fsp3) is 0.524. The molecule has 0 amide bonds. The topological polar surface area (TPSA) is 248 Å². The van der Waals surface area contributed by atoms with Gasteiger partial charge in [0, 0.05) is 12.3 Å². The number of phosphoric acid groups is 1. The normalized spacial score (nSPS) is 36.0. The first-order chi connectivity index (χ1) is 20.1. The molecule has 4 aromatic rings. The summed E-state index contributed by atoms with van der Waals surface area (Å²) >= 11 is 0. The van der Waals surface area contributed by atoms with Gasteiger partial charge < -0.3 is 33.8 Å². The van der Waals surface area contributed by atoms with Crippen molar-refractivity contribution in [3.8, 4) is 0 Å². The Labute approximate surface area is 233 Å². The third-order valence-electron chi connectivity index (χ3n) is 7.47. The molecule has 7 rings (SSSR count). The third-order valence-corrected chi connectivity index (χ3v) is 9.97. The van der Waals surface area contributed by atoms with Gasteiger partial charge in [-0.2, -0.15) is 0 Å². The number of rotatable bonds is 2. The molecule has 42 heavy (non-hydrogen) atoms. The Hall–Kier alpha value is -3.12. The summed E-state index contributed by atoms with van der Waals surface area (Å²) in [6.45, 7) is -0.897. The highest BCUT2D eigenvalue weighted by molar-refractivity contribution is 7.52. The lowest BCUT2D eigenvalue weighted by Crippen LogP contribution is -2.31. The second-order valence-electron chi connectivity index (χ2n) is 10.1. The van der Waals surface area contributed by atoms with Crippen LogP contribution in [0.1, 0.15) is 25.3 Å². The number of phosphoric ester groups is 1. The number of aromatic amines is 2. The van der Waals surface area contributed by atoms with Gasteiger partial charge in [-0.3, -0.25) is 32.3 Å². The van der Waals surface area contributed by atoms with E-state index in [2.05, 4.69) is 29.9 Å². The Balaban J connectivity index is 1.13. The molecule has 0 aliphatic carbocycles. The molecule has 0 spiro atoms. The van der Waals surface area contributed by atoms with E-state index in [4.69, 9.17) is 23.0 Å². The Kier molecular flexibility index (Phi) is 6.76. The van der Waals surface area contributed by atoms with Crippen molar-refractivity contribution in [3.63, 3.8) is 0 Å². The molecular weight excluding hydrogens is 602 g/mol. The molecule has 3 aliphatic heterocycles. The van der Waals surface area contributed by atoms with Crippen molar-refractivity contribution < 1.29 is 42.0 Å². The zero-order valence-corrected chi connectivity index (χ0v) is 23.2. The Morgan fingerprint density at radius 3 is 2.00 bits per heavy atom. The number of aromatic nitrogens is 8. The summed E-state index contributed by atoms with van der Waals surface area (Å²) < 4.78 is 57.4. The molecule has 8 atom stereocenters. The van der Waals surface area contributed by atoms with Crippen LogP contribution in [0.4, 0.5) is 0 Å². The fourth-order valence-electron chi connectivity index (χ4n) is 5.51. The summed E-state index contributed by atoms with van der Waals surface area (Å²) in [5.74, 6) is -0.653. The van der Waals surface area contributed by atoms with E-state index in [0.717, 1.165) is 0 Å². The molecule has 19 nitrogen and oxygen atoms in total. The summed E-state index contributed by atoms with van der Waals surface area (Å²) in [5.41, 5.74) is -0.298. The highest BCUT2D eigenvalue weighted by Crippen LogP contribution is 2.53. The largest absolute Gasteiger partial charge is 0.472 e. The van der Waals surface area contributed by atoms with Crippen molar-refractivity contribution in [2.75, 3.05) is 19.4 Å². The molecule has 3 aliphatic rings. The average molecular weight is 626 g/mol. The monoisotopic (exact) mass is 626 g/mol. The second-order valence-corrected chi connectivity index (χ2v) is 13.4. The van der Waals surface area contributed by atoms with Crippen molar-refractivity contribution in [1.29, 1.82) is 0 Å². The number of fused-ring (bicyclic) bond motifs is 4. The van der Waals surface area contributed by atoms with Crippen LogP contribution in [0.3, 0.4) is 0 Å². The minimum absolute atomic E-state index is 0.0118. The standard InChI is InChI=1S/C21H24N8O11P2/c30-20-16-18(22-6-24-20)28(8-26-16)14-1-10-5-41(32,33)36-4-13-11(40-42(34,35)37-3-12(10)38-14)2-15(39-13)29-9-27-17-19(29)23-7-25-21(17)31/h6-15H,1-5H2,(H,32,33)(H,34,35)(H,22,24,30)(H,23,25,31)/t10-,11+,12-,13-,14?,15?/m1/s1. The molecule has 224 valence electrons. The van der Waals surface area contributed by atoms with Crippen molar-refractivity contribution in [2.24, 2.45) is 5.92 Å². The van der Waals surface area contributed by atoms with E-state index in [9.17, 15) is 28.5 Å². The molecular formula is C21H24N8O11P2. The highest BCUT2D eigenvalue weighted by Gasteiger charge is 2.47. The average Bonchev–Trinajstić information content (AvgIpc) is 3.71. The van der Waals surface area contributed by atoms with Crippen LogP contribution in [-0.4, -0.2) is 86.5 Å². The lowest BCUT2D eigenvalue weighted by molar-refractivity contribution is -0.0500. The first-order valence-corrected chi connectivity index (χ1v) is 16.1. The molecule has 3 saturated heterocycles. The maximum absolute atomic E-state index is 13.2. The predicted octanol–water partition coefficient (Wildman–Crippen LogP) is 0.162. The number of hydrogen-bond donors (Lipinski definition) is 4. The number of imidazole rings is 2. The van der Waals surface area contributed by atoms with Crippen molar-refractivity contribution in [2.45, 2.75) is 43.6 Å². The predicted molar refractivity (Wildman–Crippen MR) is 138 cm³/mol. The van der Waals surface area contributed by atoms with Crippen LogP contribution in [0.25, 0.3) is 22.3 Å². The third kappa shape index (κ3) is 5.06. The van der Waals surface area contributed by atoms with E-state index < -0.39 is 76.4 Å². The second kappa shape index (κ2) is 10.3. The zero-order valence-electron chi connectivity index (χ0n) is 21.5. The van der Waals surface area contributed by atoms with E-state index in [0.29, 0.717) is 0 Å². The van der Waals surface area contributed by atoms with Crippen LogP contribution in [0.2, 0.25) is 0 Å². The fourth-order valence-corrected chi connectivity index (χ4v) is 7.94. The maximum atomic E-state index is 13.2. The van der Waals surface area contributed by atoms with Crippen LogP contribution in [-0.2, 0) is 32.2 Å². The maximum Gasteiger partial charge on any atom is 0.472 e. The molecule has 4 N–H and O–H groups in total. The lowest BCUT2D eigenvalue weighted by atomic mass is 10.0. The van der Waals surface area contributed by atoms with Gasteiger partial charge in [-0.05, 0) is 6.42 Å². The first kappa shape index (κ1) is 27.7. The number of nitrogens with zero attached hydrogens (tertiary/aromatic N) is 6. The van der Waals surface area contributed by atoms with Crippen LogP contribution in [0.5, 0.6) is 0 Å². The van der Waals surface area contributed by atoms with Crippen LogP contribution < -0.4 is 11.1 Å². The molecule has 3 fully saturated rings. The summed E-state index contributed by atoms with van der Waals surface area (Å²) in [4.78, 5) is 66.7. The summed E-state index contributed by atoms with van der Waals surface area (Å²) in [6.07, 6.45) is 0.257. The van der Waals surface area contributed by atoms with Gasteiger partial charge in [-0.25, -0.2) is 24.5 Å². The van der Waals surface area contributed by atoms with Crippen molar-refractivity contribution in [3.05, 3.63) is 46.0 Å². The van der Waals surface area contributed by atoms with E-state index in [1.165, 1.54) is 34.4 Å². The van der Waals surface area contributed by atoms with Gasteiger partial charge in [0.1, 0.15) is 24.7 Å². The zero-order chi connectivity index (χ0) is 29.2. The lowest BCUT2D eigenvalue weighted by Gasteiger charge is -2.26. The Bertz CT molecular complexity index is 1740. The molecule has 0 aromatic carbocycles. The minimum Gasteiger partial charge on any atom is -0.352 e. The number of H-pyrrole nitrogens is 2. The van der Waals surface area contributed by atoms with E-state index >= 15 is 0 Å². The highest BCUT2D eigenvalue weighted by atomic mass is 31.2. The van der Waals surface area contributed by atoms with Crippen LogP contribution >= 0.6 is 15.4 Å². The molecule has 4 aromatic heterocycles. The quantitative estimate of drug-likeness (QED) is 0.216. The van der Waals surface area contributed by atoms with Crippen molar-refractivity contribution in [1.82, 2.24) is 39.0 Å². The summed E-state index contributed by atoms with van der Waals surface area (Å²) in [6, 6.07) is 0. The van der Waals surface area contributed by atoms with Gasteiger partial charge in [0.15, 0.2) is 22.3 Å². The molecule has 4 unspecified atom stereocenters. The number of hydrogen-bond acceptors (Lipinski definition) is 13. The molecule has 21 heteroatoms. The molecule has 7 heterocycles.